The highest BCUT2D eigenvalue weighted by Gasteiger charge is 2.58. The summed E-state index contributed by atoms with van der Waals surface area (Å²) in [6.07, 6.45) is -0.689. The van der Waals surface area contributed by atoms with Gasteiger partial charge < -0.3 is 5.10 Å². The molecule has 20 heavy (non-hydrogen) atoms. The molecule has 112 valence electrons. The summed E-state index contributed by atoms with van der Waals surface area (Å²) in [5, 5.41) is 9.85. The highest BCUT2D eigenvalue weighted by Crippen LogP contribution is 2.41. The van der Waals surface area contributed by atoms with Gasteiger partial charge in [0.2, 0.25) is 0 Å². The van der Waals surface area contributed by atoms with Gasteiger partial charge in [0.15, 0.2) is 0 Å². The number of tetrazole rings is 1. The maximum Gasteiger partial charge on any atom is 0.458 e. The Bertz CT molecular complexity index is 517. The first kappa shape index (κ1) is 16.0. The fraction of sp³-hybridized carbons (Fsp3) is 0.556. The van der Waals surface area contributed by atoms with Crippen LogP contribution in [0.15, 0.2) is 12.4 Å². The molecule has 0 bridgehead atoms. The molecule has 0 unspecified atom stereocenters. The van der Waals surface area contributed by atoms with Crippen LogP contribution in [0.1, 0.15) is 18.6 Å². The maximum atomic E-state index is 12.2. The summed E-state index contributed by atoms with van der Waals surface area (Å²) >= 11 is 0. The van der Waals surface area contributed by atoms with Crippen molar-refractivity contribution in [3.8, 4) is 0 Å². The fourth-order valence-electron chi connectivity index (χ4n) is 1.19. The predicted octanol–water partition coefficient (Wildman–Crippen LogP) is 0.885. The molecule has 0 aliphatic carbocycles. The second kappa shape index (κ2) is 5.92. The first-order valence-corrected chi connectivity index (χ1v) is 5.35. The predicted molar refractivity (Wildman–Crippen MR) is 54.4 cm³/mol. The van der Waals surface area contributed by atoms with Crippen LogP contribution in [0.3, 0.4) is 0 Å². The first-order valence-electron chi connectivity index (χ1n) is 5.35. The molecule has 2 aromatic rings. The van der Waals surface area contributed by atoms with E-state index in [0.717, 1.165) is 6.42 Å². The Kier molecular flexibility index (Phi) is 4.73. The van der Waals surface area contributed by atoms with E-state index >= 15 is 0 Å². The van der Waals surface area contributed by atoms with Gasteiger partial charge in [-0.1, -0.05) is 6.92 Å². The van der Waals surface area contributed by atoms with E-state index < -0.39 is 17.9 Å². The lowest BCUT2D eigenvalue weighted by Crippen LogP contribution is -2.35. The van der Waals surface area contributed by atoms with Gasteiger partial charge in [-0.3, -0.25) is 10.3 Å². The van der Waals surface area contributed by atoms with Crippen LogP contribution in [0.5, 0.6) is 0 Å². The Labute approximate surface area is 110 Å². The molecule has 2 heterocycles. The Morgan fingerprint density at radius 3 is 2.25 bits per heavy atom. The molecule has 0 aliphatic rings. The van der Waals surface area contributed by atoms with Gasteiger partial charge in [0, 0.05) is 6.42 Å². The van der Waals surface area contributed by atoms with Gasteiger partial charge in [0.25, 0.3) is 5.82 Å². The molecule has 0 saturated heterocycles. The largest absolute Gasteiger partial charge is 0.458 e. The van der Waals surface area contributed by atoms with Crippen molar-refractivity contribution in [1.82, 2.24) is 25.6 Å². The molecule has 0 saturated carbocycles. The zero-order valence-corrected chi connectivity index (χ0v) is 10.5. The molecule has 2 aromatic heterocycles. The van der Waals surface area contributed by atoms with Crippen molar-refractivity contribution in [1.29, 1.82) is 0 Å². The lowest BCUT2D eigenvalue weighted by Gasteiger charge is -2.18. The van der Waals surface area contributed by atoms with Gasteiger partial charge in [-0.2, -0.15) is 27.2 Å². The second-order valence-electron chi connectivity index (χ2n) is 3.65. The molecule has 0 fully saturated rings. The number of nitrogens with one attached hydrogen (secondary N) is 1. The van der Waals surface area contributed by atoms with Gasteiger partial charge in [-0.05, 0) is 0 Å². The third kappa shape index (κ3) is 3.48. The highest BCUT2D eigenvalue weighted by molar-refractivity contribution is 4.94. The molecule has 0 atom stereocenters. The average molecular weight is 298 g/mol. The minimum Gasteiger partial charge on any atom is -0.329 e. The van der Waals surface area contributed by atoms with Crippen LogP contribution in [0.4, 0.5) is 22.0 Å². The maximum absolute atomic E-state index is 12.2. The molecule has 2 rings (SSSR count). The van der Waals surface area contributed by atoms with Crippen LogP contribution in [0, 0.1) is 0 Å². The Morgan fingerprint density at radius 2 is 1.95 bits per heavy atom. The fourth-order valence-corrected chi connectivity index (χ4v) is 1.19. The number of alkyl halides is 5. The van der Waals surface area contributed by atoms with Gasteiger partial charge in [0.1, 0.15) is 12.4 Å². The van der Waals surface area contributed by atoms with Gasteiger partial charge in [0.05, 0.1) is 12.9 Å². The molecule has 0 spiro atoms. The Balaban J connectivity index is 0.000000217. The smallest absolute Gasteiger partial charge is 0.329 e. The number of aromatic amines is 1. The zero-order chi connectivity index (χ0) is 15.4. The number of hydrogen-bond donors (Lipinski definition) is 1. The van der Waals surface area contributed by atoms with E-state index in [-0.39, 0.29) is 0 Å². The molecule has 0 aromatic carbocycles. The summed E-state index contributed by atoms with van der Waals surface area (Å²) in [5.41, 5.74) is 0. The summed E-state index contributed by atoms with van der Waals surface area (Å²) in [4.78, 5) is 3.12. The van der Waals surface area contributed by atoms with E-state index in [1.165, 1.54) is 5.82 Å². The van der Waals surface area contributed by atoms with Crippen molar-refractivity contribution in [2.24, 2.45) is 7.05 Å². The van der Waals surface area contributed by atoms with Gasteiger partial charge in [-0.25, -0.2) is 9.55 Å². The highest BCUT2D eigenvalue weighted by atomic mass is 19.4. The Morgan fingerprint density at radius 1 is 1.30 bits per heavy atom. The SMILES string of the molecule is CCc1[nH]cc[n+]1C.FC(F)(F)C(F)(F)c1nnn[n-]1. The molecule has 0 radical (unpaired) electrons. The lowest BCUT2D eigenvalue weighted by molar-refractivity contribution is -0.677. The summed E-state index contributed by atoms with van der Waals surface area (Å²) in [7, 11) is 2.04. The van der Waals surface area contributed by atoms with Crippen LogP contribution >= 0.6 is 0 Å². The standard InChI is InChI=1S/C6H10N2.C3F5N4/c1-3-6-7-4-5-8(6)2;4-2(5,3(6,7)8)1-9-11-12-10-1/h4-5H,3H2,1-2H3;/q;-1/p+1. The van der Waals surface area contributed by atoms with Crippen molar-refractivity contribution < 1.29 is 26.5 Å². The molecule has 1 N–H and O–H groups in total. The molecule has 0 aliphatic heterocycles. The van der Waals surface area contributed by atoms with Crippen LogP contribution in [0.2, 0.25) is 0 Å². The van der Waals surface area contributed by atoms with E-state index in [9.17, 15) is 22.0 Å². The number of rotatable bonds is 2. The first-order chi connectivity index (χ1) is 9.20. The monoisotopic (exact) mass is 298 g/mol. The van der Waals surface area contributed by atoms with E-state index in [4.69, 9.17) is 0 Å². The average Bonchev–Trinajstić information content (AvgIpc) is 2.98. The topological polar surface area (TPSA) is 72.4 Å². The van der Waals surface area contributed by atoms with Crippen molar-refractivity contribution >= 4 is 0 Å². The summed E-state index contributed by atoms with van der Waals surface area (Å²) in [5.74, 6) is -5.56. The van der Waals surface area contributed by atoms with Crippen LogP contribution in [-0.4, -0.2) is 26.7 Å². The number of hydrogen-bond acceptors (Lipinski definition) is 3. The van der Waals surface area contributed by atoms with Crippen LogP contribution in [-0.2, 0) is 19.4 Å². The lowest BCUT2D eigenvalue weighted by atomic mass is 10.3. The summed E-state index contributed by atoms with van der Waals surface area (Å²) in [6, 6.07) is 0. The van der Waals surface area contributed by atoms with Crippen molar-refractivity contribution in [2.45, 2.75) is 25.4 Å². The number of halogens is 5. The summed E-state index contributed by atoms with van der Waals surface area (Å²) < 4.78 is 60.9. The quantitative estimate of drug-likeness (QED) is 0.660. The Hall–Kier alpha value is -2.07. The van der Waals surface area contributed by atoms with Crippen molar-refractivity contribution in [2.75, 3.05) is 0 Å². The van der Waals surface area contributed by atoms with Crippen LogP contribution in [0.25, 0.3) is 0 Å². The van der Waals surface area contributed by atoms with E-state index in [0.29, 0.717) is 0 Å². The van der Waals surface area contributed by atoms with E-state index in [1.807, 2.05) is 19.4 Å². The number of nitrogens with zero attached hydrogens (tertiary/aromatic N) is 5. The number of imidazole rings is 1. The van der Waals surface area contributed by atoms with Gasteiger partial charge in [-0.15, -0.1) is 0 Å². The third-order valence-electron chi connectivity index (χ3n) is 2.26. The minimum absolute atomic E-state index is 1.07. The second-order valence-corrected chi connectivity index (χ2v) is 3.65. The number of aryl methyl sites for hydroxylation is 2. The molecule has 11 heteroatoms. The molecule has 6 nitrogen and oxygen atoms in total. The van der Waals surface area contributed by atoms with Crippen molar-refractivity contribution in [3.05, 3.63) is 24.0 Å². The number of H-pyrrole nitrogens is 1. The minimum atomic E-state index is -5.72. The molecular weight excluding hydrogens is 287 g/mol. The van der Waals surface area contributed by atoms with E-state index in [1.54, 1.807) is 0 Å². The third-order valence-corrected chi connectivity index (χ3v) is 2.26. The van der Waals surface area contributed by atoms with Crippen LogP contribution < -0.4 is 9.67 Å². The molecular formula is C9H11F5N6. The normalized spacial score (nSPS) is 11.9. The van der Waals surface area contributed by atoms with E-state index in [2.05, 4.69) is 37.1 Å². The van der Waals surface area contributed by atoms with Gasteiger partial charge >= 0.3 is 12.1 Å². The summed E-state index contributed by atoms with van der Waals surface area (Å²) in [6.45, 7) is 2.13. The zero-order valence-electron chi connectivity index (χ0n) is 10.5. The van der Waals surface area contributed by atoms with Crippen molar-refractivity contribution in [3.63, 3.8) is 0 Å². The number of aromatic nitrogens is 6. The molecule has 0 amide bonds.